The Bertz CT molecular complexity index is 885. The van der Waals surface area contributed by atoms with Gasteiger partial charge in [0.15, 0.2) is 5.82 Å². The molecule has 0 unspecified atom stereocenters. The number of methoxy groups -OCH3 is 1. The summed E-state index contributed by atoms with van der Waals surface area (Å²) in [7, 11) is 3.45. The Hall–Kier alpha value is -3.06. The van der Waals surface area contributed by atoms with Gasteiger partial charge in [0.05, 0.1) is 18.7 Å². The zero-order chi connectivity index (χ0) is 18.4. The molecule has 0 aliphatic heterocycles. The van der Waals surface area contributed by atoms with Crippen LogP contribution in [-0.4, -0.2) is 54.7 Å². The molecule has 7 nitrogen and oxygen atoms in total. The third kappa shape index (κ3) is 4.12. The van der Waals surface area contributed by atoms with E-state index >= 15 is 0 Å². The van der Waals surface area contributed by atoms with E-state index in [4.69, 9.17) is 9.72 Å². The molecule has 0 spiro atoms. The van der Waals surface area contributed by atoms with Gasteiger partial charge in [-0.2, -0.15) is 0 Å². The molecule has 0 saturated heterocycles. The van der Waals surface area contributed by atoms with Crippen molar-refractivity contribution in [3.05, 3.63) is 48.8 Å². The minimum Gasteiger partial charge on any atom is -0.383 e. The summed E-state index contributed by atoms with van der Waals surface area (Å²) in [6.07, 6.45) is 3.42. The maximum absolute atomic E-state index is 12.1. The number of aromatic nitrogens is 3. The van der Waals surface area contributed by atoms with Gasteiger partial charge in [0.25, 0.3) is 0 Å². The molecule has 134 valence electrons. The first-order valence-corrected chi connectivity index (χ1v) is 8.33. The van der Waals surface area contributed by atoms with Gasteiger partial charge < -0.3 is 15.0 Å². The van der Waals surface area contributed by atoms with E-state index in [1.165, 1.54) is 0 Å². The van der Waals surface area contributed by atoms with Crippen LogP contribution in [0.25, 0.3) is 22.3 Å². The Morgan fingerprint density at radius 3 is 2.69 bits per heavy atom. The van der Waals surface area contributed by atoms with Crippen molar-refractivity contribution < 1.29 is 9.53 Å². The number of nitrogens with zero attached hydrogens (tertiary/aromatic N) is 4. The zero-order valence-corrected chi connectivity index (χ0v) is 14.8. The molecule has 0 aliphatic rings. The van der Waals surface area contributed by atoms with Crippen LogP contribution in [0.15, 0.2) is 48.8 Å². The van der Waals surface area contributed by atoms with Gasteiger partial charge in [0.1, 0.15) is 5.82 Å². The highest BCUT2D eigenvalue weighted by Crippen LogP contribution is 2.26. The van der Waals surface area contributed by atoms with Gasteiger partial charge in [-0.3, -0.25) is 9.78 Å². The van der Waals surface area contributed by atoms with Gasteiger partial charge in [0.2, 0.25) is 5.91 Å². The van der Waals surface area contributed by atoms with Crippen LogP contribution in [-0.2, 0) is 9.53 Å². The topological polar surface area (TPSA) is 80.2 Å². The Balaban J connectivity index is 1.92. The Morgan fingerprint density at radius 2 is 1.92 bits per heavy atom. The van der Waals surface area contributed by atoms with Crippen LogP contribution < -0.4 is 10.2 Å². The molecular weight excluding hydrogens is 330 g/mol. The second-order valence-electron chi connectivity index (χ2n) is 5.82. The molecular formula is C19H21N5O2. The van der Waals surface area contributed by atoms with E-state index in [1.807, 2.05) is 48.3 Å². The minimum absolute atomic E-state index is 0.0855. The van der Waals surface area contributed by atoms with Crippen LogP contribution in [0, 0.1) is 0 Å². The van der Waals surface area contributed by atoms with Crippen LogP contribution in [0.2, 0.25) is 0 Å². The quantitative estimate of drug-likeness (QED) is 0.655. The number of para-hydroxylation sites is 1. The van der Waals surface area contributed by atoms with Crippen molar-refractivity contribution in [2.24, 2.45) is 0 Å². The fourth-order valence-corrected chi connectivity index (χ4v) is 2.62. The van der Waals surface area contributed by atoms with E-state index in [0.29, 0.717) is 24.8 Å². The number of rotatable bonds is 7. The number of amides is 1. The zero-order valence-electron chi connectivity index (χ0n) is 14.8. The van der Waals surface area contributed by atoms with Gasteiger partial charge >= 0.3 is 0 Å². The smallest absolute Gasteiger partial charge is 0.239 e. The lowest BCUT2D eigenvalue weighted by atomic mass is 10.2. The van der Waals surface area contributed by atoms with Crippen LogP contribution >= 0.6 is 0 Å². The third-order valence-electron chi connectivity index (χ3n) is 3.89. The molecule has 7 heteroatoms. The maximum Gasteiger partial charge on any atom is 0.239 e. The minimum atomic E-state index is -0.0855. The highest BCUT2D eigenvalue weighted by atomic mass is 16.5. The first kappa shape index (κ1) is 17.8. The molecule has 3 aromatic rings. The standard InChI is InChI=1S/C19H21N5O2/c1-24(13-17(25)21-11-12-26-2)19-15-5-3-4-6-16(15)22-18(23-19)14-7-9-20-10-8-14/h3-10H,11-13H2,1-2H3,(H,21,25). The molecule has 3 rings (SSSR count). The van der Waals surface area contributed by atoms with Gasteiger partial charge in [0, 0.05) is 44.0 Å². The number of benzene rings is 1. The summed E-state index contributed by atoms with van der Waals surface area (Å²) >= 11 is 0. The second kappa shape index (κ2) is 8.35. The predicted molar refractivity (Wildman–Crippen MR) is 101 cm³/mol. The molecule has 0 bridgehead atoms. The van der Waals surface area contributed by atoms with E-state index in [2.05, 4.69) is 15.3 Å². The average Bonchev–Trinajstić information content (AvgIpc) is 2.68. The first-order valence-electron chi connectivity index (χ1n) is 8.33. The number of nitrogens with one attached hydrogen (secondary N) is 1. The van der Waals surface area contributed by atoms with E-state index in [-0.39, 0.29) is 12.5 Å². The lowest BCUT2D eigenvalue weighted by Gasteiger charge is -2.20. The van der Waals surface area contributed by atoms with Crippen LogP contribution in [0.1, 0.15) is 0 Å². The number of anilines is 1. The number of carbonyl (C=O) groups is 1. The summed E-state index contributed by atoms with van der Waals surface area (Å²) < 4.78 is 4.95. The third-order valence-corrected chi connectivity index (χ3v) is 3.89. The van der Waals surface area contributed by atoms with Gasteiger partial charge in [-0.15, -0.1) is 0 Å². The molecule has 0 radical (unpaired) electrons. The van der Waals surface area contributed by atoms with E-state index < -0.39 is 0 Å². The normalized spacial score (nSPS) is 10.7. The van der Waals surface area contributed by atoms with Crippen molar-refractivity contribution in [3.63, 3.8) is 0 Å². The van der Waals surface area contributed by atoms with Crippen molar-refractivity contribution >= 4 is 22.6 Å². The summed E-state index contributed by atoms with van der Waals surface area (Å²) in [6, 6.07) is 11.5. The maximum atomic E-state index is 12.1. The number of carbonyl (C=O) groups excluding carboxylic acids is 1. The van der Waals surface area contributed by atoms with Crippen molar-refractivity contribution in [3.8, 4) is 11.4 Å². The molecule has 2 heterocycles. The van der Waals surface area contributed by atoms with E-state index in [0.717, 1.165) is 16.5 Å². The van der Waals surface area contributed by atoms with Crippen molar-refractivity contribution in [1.29, 1.82) is 0 Å². The van der Waals surface area contributed by atoms with Crippen molar-refractivity contribution in [2.45, 2.75) is 0 Å². The number of fused-ring (bicyclic) bond motifs is 1. The molecule has 26 heavy (non-hydrogen) atoms. The monoisotopic (exact) mass is 351 g/mol. The Kier molecular flexibility index (Phi) is 5.70. The first-order chi connectivity index (χ1) is 12.7. The van der Waals surface area contributed by atoms with Crippen LogP contribution in [0.5, 0.6) is 0 Å². The summed E-state index contributed by atoms with van der Waals surface area (Å²) in [5.74, 6) is 1.23. The summed E-state index contributed by atoms with van der Waals surface area (Å²) in [6.45, 7) is 1.16. The molecule has 2 aromatic heterocycles. The molecule has 1 amide bonds. The summed E-state index contributed by atoms with van der Waals surface area (Å²) in [4.78, 5) is 27.3. The van der Waals surface area contributed by atoms with Gasteiger partial charge in [-0.05, 0) is 24.3 Å². The molecule has 0 atom stereocenters. The summed E-state index contributed by atoms with van der Waals surface area (Å²) in [5.41, 5.74) is 1.71. The SMILES string of the molecule is COCCNC(=O)CN(C)c1nc(-c2ccncc2)nc2ccccc12. The number of pyridine rings is 1. The highest BCUT2D eigenvalue weighted by molar-refractivity contribution is 5.92. The molecule has 1 aromatic carbocycles. The fourth-order valence-electron chi connectivity index (χ4n) is 2.62. The van der Waals surface area contributed by atoms with Crippen LogP contribution in [0.4, 0.5) is 5.82 Å². The number of hydrogen-bond donors (Lipinski definition) is 1. The molecule has 1 N–H and O–H groups in total. The number of likely N-dealkylation sites (N-methyl/N-ethyl adjacent to an activating group) is 1. The van der Waals surface area contributed by atoms with Crippen molar-refractivity contribution in [1.82, 2.24) is 20.3 Å². The van der Waals surface area contributed by atoms with Crippen molar-refractivity contribution in [2.75, 3.05) is 38.8 Å². The molecule has 0 aliphatic carbocycles. The average molecular weight is 351 g/mol. The molecule has 0 saturated carbocycles. The Morgan fingerprint density at radius 1 is 1.15 bits per heavy atom. The van der Waals surface area contributed by atoms with Gasteiger partial charge in [-0.25, -0.2) is 9.97 Å². The van der Waals surface area contributed by atoms with E-state index in [9.17, 15) is 4.79 Å². The highest BCUT2D eigenvalue weighted by Gasteiger charge is 2.15. The largest absolute Gasteiger partial charge is 0.383 e. The predicted octanol–water partition coefficient (Wildman–Crippen LogP) is 1.89. The fraction of sp³-hybridized carbons (Fsp3) is 0.263. The summed E-state index contributed by atoms with van der Waals surface area (Å²) in [5, 5.41) is 3.72. The second-order valence-corrected chi connectivity index (χ2v) is 5.82. The lowest BCUT2D eigenvalue weighted by Crippen LogP contribution is -2.37. The number of hydrogen-bond acceptors (Lipinski definition) is 6. The molecule has 0 fully saturated rings. The lowest BCUT2D eigenvalue weighted by molar-refractivity contribution is -0.119. The number of ether oxygens (including phenoxy) is 1. The van der Waals surface area contributed by atoms with Crippen LogP contribution in [0.3, 0.4) is 0 Å². The Labute approximate surface area is 152 Å². The van der Waals surface area contributed by atoms with Gasteiger partial charge in [-0.1, -0.05) is 12.1 Å². The van der Waals surface area contributed by atoms with E-state index in [1.54, 1.807) is 19.5 Å².